The third-order valence-corrected chi connectivity index (χ3v) is 4.09. The van der Waals surface area contributed by atoms with Crippen LogP contribution in [0.25, 0.3) is 0 Å². The molecule has 12 heavy (non-hydrogen) atoms. The van der Waals surface area contributed by atoms with Gasteiger partial charge in [-0.05, 0) is 26.2 Å². The second-order valence-corrected chi connectivity index (χ2v) is 8.50. The first-order valence-electron chi connectivity index (χ1n) is 3.56. The molecule has 0 aromatic heterocycles. The Morgan fingerprint density at radius 3 is 1.67 bits per heavy atom. The van der Waals surface area contributed by atoms with Gasteiger partial charge in [0.05, 0.1) is 0 Å². The minimum Gasteiger partial charge on any atom is -0.481 e. The van der Waals surface area contributed by atoms with E-state index in [1.807, 2.05) is 13.1 Å². The standard InChI is InChI=1S/C4H13O2Si2.C2H4O2/c1-7(2)6-8(3,4)5;1-2(3)4/h5H,1-4H3;1H3,(H,3,4). The van der Waals surface area contributed by atoms with Crippen molar-refractivity contribution in [2.75, 3.05) is 0 Å². The lowest BCUT2D eigenvalue weighted by Crippen LogP contribution is -2.34. The Bertz CT molecular complexity index is 126. The van der Waals surface area contributed by atoms with Crippen LogP contribution >= 0.6 is 0 Å². The molecule has 0 aliphatic heterocycles. The molecular formula is C6H17O4Si2. The highest BCUT2D eigenvalue weighted by Crippen LogP contribution is 1.99. The fourth-order valence-electron chi connectivity index (χ4n) is 0.500. The van der Waals surface area contributed by atoms with Gasteiger partial charge in [0.2, 0.25) is 0 Å². The quantitative estimate of drug-likeness (QED) is 0.667. The monoisotopic (exact) mass is 209 g/mol. The van der Waals surface area contributed by atoms with Crippen molar-refractivity contribution < 1.29 is 18.8 Å². The molecule has 0 rings (SSSR count). The molecule has 0 aromatic rings. The maximum absolute atomic E-state index is 9.13. The Morgan fingerprint density at radius 1 is 1.42 bits per heavy atom. The normalized spacial score (nSPS) is 10.6. The van der Waals surface area contributed by atoms with E-state index in [1.54, 1.807) is 13.1 Å². The Kier molecular flexibility index (Phi) is 7.60. The van der Waals surface area contributed by atoms with Gasteiger partial charge in [0, 0.05) is 6.92 Å². The van der Waals surface area contributed by atoms with Gasteiger partial charge in [-0.3, -0.25) is 4.79 Å². The fourth-order valence-corrected chi connectivity index (χ4v) is 4.50. The van der Waals surface area contributed by atoms with Gasteiger partial charge in [-0.2, -0.15) is 0 Å². The highest BCUT2D eigenvalue weighted by molar-refractivity contribution is 6.71. The average Bonchev–Trinajstić information content (AvgIpc) is 1.52. The summed E-state index contributed by atoms with van der Waals surface area (Å²) >= 11 is 0. The zero-order valence-electron chi connectivity index (χ0n) is 8.21. The van der Waals surface area contributed by atoms with Crippen molar-refractivity contribution in [1.29, 1.82) is 0 Å². The van der Waals surface area contributed by atoms with E-state index in [9.17, 15) is 0 Å². The maximum Gasteiger partial charge on any atom is 0.318 e. The molecule has 0 saturated carbocycles. The molecule has 6 heteroatoms. The highest BCUT2D eigenvalue weighted by Gasteiger charge is 2.19. The molecule has 0 spiro atoms. The first-order chi connectivity index (χ1) is 5.15. The first kappa shape index (κ1) is 14.4. The van der Waals surface area contributed by atoms with Gasteiger partial charge in [0.25, 0.3) is 5.97 Å². The summed E-state index contributed by atoms with van der Waals surface area (Å²) in [6, 6.07) is 0. The van der Waals surface area contributed by atoms with Crippen molar-refractivity contribution in [3.63, 3.8) is 0 Å². The molecule has 73 valence electrons. The van der Waals surface area contributed by atoms with E-state index in [0.717, 1.165) is 6.92 Å². The largest absolute Gasteiger partial charge is 0.481 e. The van der Waals surface area contributed by atoms with Crippen LogP contribution in [0, 0.1) is 0 Å². The van der Waals surface area contributed by atoms with Crippen molar-refractivity contribution in [2.24, 2.45) is 0 Å². The van der Waals surface area contributed by atoms with Gasteiger partial charge in [-0.1, -0.05) is 0 Å². The van der Waals surface area contributed by atoms with E-state index in [-0.39, 0.29) is 0 Å². The number of carbonyl (C=O) groups is 1. The van der Waals surface area contributed by atoms with Gasteiger partial charge >= 0.3 is 8.56 Å². The van der Waals surface area contributed by atoms with Crippen molar-refractivity contribution in [2.45, 2.75) is 33.1 Å². The Labute approximate surface area is 76.2 Å². The zero-order valence-corrected chi connectivity index (χ0v) is 10.2. The third kappa shape index (κ3) is 32.9. The minimum absolute atomic E-state index is 0.680. The summed E-state index contributed by atoms with van der Waals surface area (Å²) < 4.78 is 5.23. The van der Waals surface area contributed by atoms with Gasteiger partial charge in [0.1, 0.15) is 0 Å². The smallest absolute Gasteiger partial charge is 0.318 e. The summed E-state index contributed by atoms with van der Waals surface area (Å²) in [6.45, 7) is 8.70. The Morgan fingerprint density at radius 2 is 1.67 bits per heavy atom. The number of carboxylic acids is 1. The number of hydrogen-bond donors (Lipinski definition) is 2. The Balaban J connectivity index is 0. The number of carboxylic acid groups (broad SMARTS) is 1. The van der Waals surface area contributed by atoms with Crippen LogP contribution in [-0.2, 0) is 8.91 Å². The molecule has 0 amide bonds. The number of aliphatic carboxylic acids is 1. The number of rotatable bonds is 2. The van der Waals surface area contributed by atoms with E-state index in [1.165, 1.54) is 0 Å². The molecular weight excluding hydrogens is 192 g/mol. The SMILES string of the molecule is CC(=O)O.C[Si](C)O[Si](C)(C)O. The van der Waals surface area contributed by atoms with Gasteiger partial charge in [-0.25, -0.2) is 0 Å². The van der Waals surface area contributed by atoms with E-state index in [2.05, 4.69) is 0 Å². The third-order valence-electron chi connectivity index (χ3n) is 0.454. The maximum atomic E-state index is 9.13. The molecule has 0 aliphatic rings. The van der Waals surface area contributed by atoms with E-state index in [0.29, 0.717) is 0 Å². The predicted molar refractivity (Wildman–Crippen MR) is 51.6 cm³/mol. The first-order valence-corrected chi connectivity index (χ1v) is 8.82. The van der Waals surface area contributed by atoms with Gasteiger partial charge < -0.3 is 14.0 Å². The van der Waals surface area contributed by atoms with Gasteiger partial charge in [-0.15, -0.1) is 0 Å². The summed E-state index contributed by atoms with van der Waals surface area (Å²) in [7, 11) is -2.86. The lowest BCUT2D eigenvalue weighted by molar-refractivity contribution is -0.134. The van der Waals surface area contributed by atoms with Crippen molar-refractivity contribution in [3.8, 4) is 0 Å². The van der Waals surface area contributed by atoms with Crippen LogP contribution in [0.5, 0.6) is 0 Å². The predicted octanol–water partition coefficient (Wildman–Crippen LogP) is 1.04. The lowest BCUT2D eigenvalue weighted by Gasteiger charge is -2.16. The van der Waals surface area contributed by atoms with Crippen LogP contribution in [0.2, 0.25) is 26.2 Å². The van der Waals surface area contributed by atoms with Crippen LogP contribution in [0.15, 0.2) is 0 Å². The van der Waals surface area contributed by atoms with Crippen molar-refractivity contribution >= 4 is 23.6 Å². The number of hydrogen-bond acceptors (Lipinski definition) is 3. The van der Waals surface area contributed by atoms with E-state index < -0.39 is 23.6 Å². The van der Waals surface area contributed by atoms with E-state index >= 15 is 0 Å². The molecule has 0 atom stereocenters. The molecule has 4 nitrogen and oxygen atoms in total. The lowest BCUT2D eigenvalue weighted by atomic mass is 10.9. The van der Waals surface area contributed by atoms with Gasteiger partial charge in [0.15, 0.2) is 9.04 Å². The molecule has 0 bridgehead atoms. The summed E-state index contributed by atoms with van der Waals surface area (Å²) in [5.41, 5.74) is 0. The molecule has 0 aromatic carbocycles. The van der Waals surface area contributed by atoms with Crippen molar-refractivity contribution in [3.05, 3.63) is 0 Å². The molecule has 0 fully saturated rings. The molecule has 1 radical (unpaired) electrons. The van der Waals surface area contributed by atoms with Crippen molar-refractivity contribution in [1.82, 2.24) is 0 Å². The Hall–Kier alpha value is -0.176. The summed E-state index contributed by atoms with van der Waals surface area (Å²) in [5.74, 6) is -0.833. The summed E-state index contributed by atoms with van der Waals surface area (Å²) in [6.07, 6.45) is 0. The molecule has 0 saturated heterocycles. The summed E-state index contributed by atoms with van der Waals surface area (Å²) in [5, 5.41) is 7.42. The molecule has 0 unspecified atom stereocenters. The van der Waals surface area contributed by atoms with Crippen LogP contribution in [-0.4, -0.2) is 33.5 Å². The van der Waals surface area contributed by atoms with Crippen LogP contribution in [0.1, 0.15) is 6.92 Å². The summed E-state index contributed by atoms with van der Waals surface area (Å²) in [4.78, 5) is 18.1. The topological polar surface area (TPSA) is 66.8 Å². The minimum atomic E-state index is -2.18. The van der Waals surface area contributed by atoms with Crippen LogP contribution in [0.3, 0.4) is 0 Å². The average molecular weight is 209 g/mol. The van der Waals surface area contributed by atoms with Crippen LogP contribution < -0.4 is 0 Å². The molecule has 0 heterocycles. The van der Waals surface area contributed by atoms with Crippen LogP contribution in [0.4, 0.5) is 0 Å². The fraction of sp³-hybridized carbons (Fsp3) is 0.833. The van der Waals surface area contributed by atoms with E-state index in [4.69, 9.17) is 18.8 Å². The second kappa shape index (κ2) is 6.35. The molecule has 2 N–H and O–H groups in total. The molecule has 0 aliphatic carbocycles. The zero-order chi connectivity index (χ0) is 10.4. The second-order valence-electron chi connectivity index (χ2n) is 2.98. The highest BCUT2D eigenvalue weighted by atomic mass is 28.4.